The van der Waals surface area contributed by atoms with Crippen LogP contribution in [0.5, 0.6) is 0 Å². The third-order valence-corrected chi connectivity index (χ3v) is 9.31. The van der Waals surface area contributed by atoms with Gasteiger partial charge in [-0.2, -0.15) is 0 Å². The zero-order chi connectivity index (χ0) is 31.0. The quantitative estimate of drug-likeness (QED) is 0.193. The van der Waals surface area contributed by atoms with Gasteiger partial charge < -0.3 is 9.47 Å². The van der Waals surface area contributed by atoms with E-state index in [0.717, 1.165) is 16.7 Å². The smallest absolute Gasteiger partial charge is 0.185 e. The minimum atomic E-state index is -0.406. The Balaban J connectivity index is 1.27. The third-order valence-electron chi connectivity index (χ3n) is 9.31. The molecular formula is C43H38O2. The molecule has 1 heterocycles. The van der Waals surface area contributed by atoms with Gasteiger partial charge in [-0.1, -0.05) is 121 Å². The lowest BCUT2D eigenvalue weighted by Gasteiger charge is -2.30. The van der Waals surface area contributed by atoms with Crippen molar-refractivity contribution >= 4 is 0 Å². The molecule has 1 fully saturated rings. The SMILES string of the molecule is CC1(C)OC(c2cccc(-c3cc(-c4ccccc4)cc(-c4cccc(-c5ccc(-c6ccccc6)cc5)c4)c3)c2)OC1(C)C. The first-order chi connectivity index (χ1) is 21.8. The molecule has 7 rings (SSSR count). The van der Waals surface area contributed by atoms with Crippen molar-refractivity contribution in [2.45, 2.75) is 45.2 Å². The number of benzene rings is 6. The van der Waals surface area contributed by atoms with Crippen LogP contribution in [0.1, 0.15) is 39.5 Å². The van der Waals surface area contributed by atoms with Crippen LogP contribution in [0.3, 0.4) is 0 Å². The molecule has 0 amide bonds. The van der Waals surface area contributed by atoms with Gasteiger partial charge in [0.15, 0.2) is 6.29 Å². The van der Waals surface area contributed by atoms with E-state index in [2.05, 4.69) is 179 Å². The summed E-state index contributed by atoms with van der Waals surface area (Å²) in [4.78, 5) is 0. The van der Waals surface area contributed by atoms with Crippen molar-refractivity contribution in [3.8, 4) is 55.6 Å². The number of rotatable bonds is 6. The van der Waals surface area contributed by atoms with E-state index in [1.165, 1.54) is 44.5 Å². The van der Waals surface area contributed by atoms with Crippen molar-refractivity contribution in [2.75, 3.05) is 0 Å². The molecule has 0 radical (unpaired) electrons. The maximum atomic E-state index is 6.39. The second kappa shape index (κ2) is 11.6. The Hall–Kier alpha value is -4.76. The van der Waals surface area contributed by atoms with Gasteiger partial charge >= 0.3 is 0 Å². The van der Waals surface area contributed by atoms with Crippen LogP contribution in [0, 0.1) is 0 Å². The summed E-state index contributed by atoms with van der Waals surface area (Å²) in [5, 5.41) is 0. The van der Waals surface area contributed by atoms with E-state index in [4.69, 9.17) is 9.47 Å². The first-order valence-corrected chi connectivity index (χ1v) is 15.7. The minimum Gasteiger partial charge on any atom is -0.339 e. The first-order valence-electron chi connectivity index (χ1n) is 15.7. The van der Waals surface area contributed by atoms with Crippen LogP contribution in [0.25, 0.3) is 55.6 Å². The number of hydrogen-bond acceptors (Lipinski definition) is 2. The largest absolute Gasteiger partial charge is 0.339 e. The van der Waals surface area contributed by atoms with Gasteiger partial charge in [-0.3, -0.25) is 0 Å². The second-order valence-corrected chi connectivity index (χ2v) is 12.9. The van der Waals surface area contributed by atoms with Crippen molar-refractivity contribution in [3.05, 3.63) is 157 Å². The van der Waals surface area contributed by atoms with E-state index in [0.29, 0.717) is 0 Å². The van der Waals surface area contributed by atoms with E-state index < -0.39 is 6.29 Å². The van der Waals surface area contributed by atoms with Gasteiger partial charge in [0.25, 0.3) is 0 Å². The highest BCUT2D eigenvalue weighted by Gasteiger charge is 2.49. The topological polar surface area (TPSA) is 18.5 Å². The fourth-order valence-corrected chi connectivity index (χ4v) is 5.97. The molecule has 45 heavy (non-hydrogen) atoms. The fraction of sp³-hybridized carbons (Fsp3) is 0.163. The Bertz CT molecular complexity index is 1920. The normalized spacial score (nSPS) is 15.6. The van der Waals surface area contributed by atoms with Gasteiger partial charge in [-0.15, -0.1) is 0 Å². The molecule has 0 unspecified atom stereocenters. The van der Waals surface area contributed by atoms with Gasteiger partial charge in [-0.05, 0) is 114 Å². The van der Waals surface area contributed by atoms with Crippen molar-refractivity contribution < 1.29 is 9.47 Å². The molecule has 2 nitrogen and oxygen atoms in total. The van der Waals surface area contributed by atoms with Crippen molar-refractivity contribution in [3.63, 3.8) is 0 Å². The van der Waals surface area contributed by atoms with E-state index in [9.17, 15) is 0 Å². The highest BCUT2D eigenvalue weighted by atomic mass is 16.7. The van der Waals surface area contributed by atoms with E-state index in [1.54, 1.807) is 0 Å². The molecule has 222 valence electrons. The molecule has 0 spiro atoms. The van der Waals surface area contributed by atoms with Crippen LogP contribution in [-0.2, 0) is 9.47 Å². The van der Waals surface area contributed by atoms with Crippen LogP contribution in [0.2, 0.25) is 0 Å². The summed E-state index contributed by atoms with van der Waals surface area (Å²) in [5.41, 5.74) is 12.1. The Labute approximate surface area is 266 Å². The summed E-state index contributed by atoms with van der Waals surface area (Å²) in [6, 6.07) is 54.3. The van der Waals surface area contributed by atoms with Gasteiger partial charge in [0.05, 0.1) is 11.2 Å². The monoisotopic (exact) mass is 586 g/mol. The maximum absolute atomic E-state index is 6.39. The van der Waals surface area contributed by atoms with Crippen LogP contribution >= 0.6 is 0 Å². The summed E-state index contributed by atoms with van der Waals surface area (Å²) in [6.07, 6.45) is -0.406. The first kappa shape index (κ1) is 29.0. The van der Waals surface area contributed by atoms with E-state index in [1.807, 2.05) is 0 Å². The fourth-order valence-electron chi connectivity index (χ4n) is 5.97. The number of hydrogen-bond donors (Lipinski definition) is 0. The molecule has 0 aromatic heterocycles. The second-order valence-electron chi connectivity index (χ2n) is 12.9. The van der Waals surface area contributed by atoms with Gasteiger partial charge in [0, 0.05) is 5.56 Å². The van der Waals surface area contributed by atoms with Gasteiger partial charge in [-0.25, -0.2) is 0 Å². The maximum Gasteiger partial charge on any atom is 0.185 e. The van der Waals surface area contributed by atoms with Crippen LogP contribution in [0.15, 0.2) is 152 Å². The average Bonchev–Trinajstić information content (AvgIpc) is 3.31. The summed E-state index contributed by atoms with van der Waals surface area (Å²) in [6.45, 7) is 8.38. The third kappa shape index (κ3) is 5.88. The predicted molar refractivity (Wildman–Crippen MR) is 187 cm³/mol. The molecule has 0 atom stereocenters. The van der Waals surface area contributed by atoms with Crippen molar-refractivity contribution in [2.24, 2.45) is 0 Å². The molecule has 1 aliphatic heterocycles. The Morgan fingerprint density at radius 2 is 0.667 bits per heavy atom. The standard InChI is InChI=1S/C43H38O2/c1-42(2)43(3,4)45-41(44-42)37-20-12-19-36(26-37)40-28-38(31-15-9-6-10-16-31)27-39(29-40)35-18-11-17-34(25-35)33-23-21-32(22-24-33)30-13-7-5-8-14-30/h5-29,41H,1-4H3. The molecule has 2 heteroatoms. The van der Waals surface area contributed by atoms with Crippen LogP contribution in [-0.4, -0.2) is 11.2 Å². The molecule has 0 saturated carbocycles. The molecule has 6 aromatic rings. The average molecular weight is 587 g/mol. The minimum absolute atomic E-state index is 0.388. The van der Waals surface area contributed by atoms with E-state index in [-0.39, 0.29) is 11.2 Å². The molecular weight excluding hydrogens is 548 g/mol. The van der Waals surface area contributed by atoms with Crippen molar-refractivity contribution in [1.29, 1.82) is 0 Å². The molecule has 0 aliphatic carbocycles. The Morgan fingerprint density at radius 1 is 0.333 bits per heavy atom. The summed E-state index contributed by atoms with van der Waals surface area (Å²) in [5.74, 6) is 0. The zero-order valence-corrected chi connectivity index (χ0v) is 26.3. The zero-order valence-electron chi connectivity index (χ0n) is 26.3. The van der Waals surface area contributed by atoms with Gasteiger partial charge in [0.2, 0.25) is 0 Å². The van der Waals surface area contributed by atoms with E-state index >= 15 is 0 Å². The molecule has 0 N–H and O–H groups in total. The molecule has 1 aliphatic rings. The van der Waals surface area contributed by atoms with Crippen molar-refractivity contribution in [1.82, 2.24) is 0 Å². The molecule has 0 bridgehead atoms. The Morgan fingerprint density at radius 3 is 1.20 bits per heavy atom. The van der Waals surface area contributed by atoms with Crippen LogP contribution < -0.4 is 0 Å². The predicted octanol–water partition coefficient (Wildman–Crippen LogP) is 11.6. The molecule has 1 saturated heterocycles. The lowest BCUT2D eigenvalue weighted by atomic mass is 9.90. The Kier molecular flexibility index (Phi) is 7.49. The number of ether oxygens (including phenoxy) is 2. The van der Waals surface area contributed by atoms with Gasteiger partial charge in [0.1, 0.15) is 0 Å². The summed E-state index contributed by atoms with van der Waals surface area (Å²) >= 11 is 0. The summed E-state index contributed by atoms with van der Waals surface area (Å²) < 4.78 is 12.8. The highest BCUT2D eigenvalue weighted by Crippen LogP contribution is 2.45. The highest BCUT2D eigenvalue weighted by molar-refractivity contribution is 5.83. The molecule has 6 aromatic carbocycles. The summed E-state index contributed by atoms with van der Waals surface area (Å²) in [7, 11) is 0. The lowest BCUT2D eigenvalue weighted by Crippen LogP contribution is -2.41. The lowest BCUT2D eigenvalue weighted by molar-refractivity contribution is -0.0895. The van der Waals surface area contributed by atoms with Crippen LogP contribution in [0.4, 0.5) is 0 Å².